The van der Waals surface area contributed by atoms with Crippen molar-refractivity contribution in [3.05, 3.63) is 41.5 Å². The highest BCUT2D eigenvalue weighted by Crippen LogP contribution is 2.15. The van der Waals surface area contributed by atoms with E-state index in [1.165, 1.54) is 5.56 Å². The lowest BCUT2D eigenvalue weighted by Crippen LogP contribution is -2.45. The predicted molar refractivity (Wildman–Crippen MR) is 101 cm³/mol. The van der Waals surface area contributed by atoms with Gasteiger partial charge in [0, 0.05) is 39.1 Å². The van der Waals surface area contributed by atoms with E-state index in [2.05, 4.69) is 58.1 Å². The van der Waals surface area contributed by atoms with Crippen LogP contribution < -0.4 is 4.74 Å². The van der Waals surface area contributed by atoms with Gasteiger partial charge in [-0.15, -0.1) is 0 Å². The van der Waals surface area contributed by atoms with Gasteiger partial charge in [-0.1, -0.05) is 31.1 Å². The van der Waals surface area contributed by atoms with Crippen molar-refractivity contribution in [3.63, 3.8) is 0 Å². The van der Waals surface area contributed by atoms with E-state index in [0.29, 0.717) is 12.5 Å². The highest BCUT2D eigenvalue weighted by Gasteiger charge is 2.19. The van der Waals surface area contributed by atoms with Gasteiger partial charge in [-0.3, -0.25) is 9.80 Å². The molecule has 6 heteroatoms. The van der Waals surface area contributed by atoms with Crippen molar-refractivity contribution >= 4 is 0 Å². The minimum atomic E-state index is 0.548. The van der Waals surface area contributed by atoms with Gasteiger partial charge >= 0.3 is 0 Å². The van der Waals surface area contributed by atoms with E-state index in [9.17, 15) is 0 Å². The number of hydrogen-bond acceptors (Lipinski definition) is 6. The molecule has 0 amide bonds. The van der Waals surface area contributed by atoms with E-state index < -0.39 is 0 Å². The smallest absolute Gasteiger partial charge is 0.240 e. The maximum absolute atomic E-state index is 5.50. The zero-order chi connectivity index (χ0) is 18.4. The first-order valence-corrected chi connectivity index (χ1v) is 9.60. The van der Waals surface area contributed by atoms with E-state index in [1.54, 1.807) is 0 Å². The second-order valence-electron chi connectivity index (χ2n) is 7.33. The molecule has 26 heavy (non-hydrogen) atoms. The van der Waals surface area contributed by atoms with E-state index in [4.69, 9.17) is 9.26 Å². The first-order chi connectivity index (χ1) is 12.6. The van der Waals surface area contributed by atoms with Gasteiger partial charge in [-0.05, 0) is 30.5 Å². The Morgan fingerprint density at radius 3 is 2.31 bits per heavy atom. The molecule has 1 aromatic carbocycles. The maximum Gasteiger partial charge on any atom is 0.240 e. The molecule has 3 rings (SSSR count). The summed E-state index contributed by atoms with van der Waals surface area (Å²) < 4.78 is 10.9. The normalized spacial score (nSPS) is 16.3. The number of hydrogen-bond donors (Lipinski definition) is 0. The highest BCUT2D eigenvalue weighted by molar-refractivity contribution is 5.27. The van der Waals surface area contributed by atoms with Crippen molar-refractivity contribution in [2.75, 3.05) is 32.8 Å². The molecule has 1 aromatic heterocycles. The fourth-order valence-electron chi connectivity index (χ4n) is 3.22. The Labute approximate surface area is 156 Å². The van der Waals surface area contributed by atoms with E-state index >= 15 is 0 Å². The van der Waals surface area contributed by atoms with Crippen LogP contribution in [0.5, 0.6) is 5.75 Å². The summed E-state index contributed by atoms with van der Waals surface area (Å²) in [5, 5.41) is 4.08. The molecule has 142 valence electrons. The molecule has 0 radical (unpaired) electrons. The third kappa shape index (κ3) is 5.54. The van der Waals surface area contributed by atoms with Gasteiger partial charge in [0.15, 0.2) is 5.82 Å². The van der Waals surface area contributed by atoms with Crippen LogP contribution in [0.25, 0.3) is 0 Å². The minimum absolute atomic E-state index is 0.548. The fraction of sp³-hybridized carbons (Fsp3) is 0.600. The third-order valence-corrected chi connectivity index (χ3v) is 4.57. The largest absolute Gasteiger partial charge is 0.494 e. The van der Waals surface area contributed by atoms with Crippen molar-refractivity contribution in [1.82, 2.24) is 19.9 Å². The molecule has 2 heterocycles. The summed E-state index contributed by atoms with van der Waals surface area (Å²) in [7, 11) is 0. The number of piperazine rings is 1. The monoisotopic (exact) mass is 358 g/mol. The average Bonchev–Trinajstić information content (AvgIpc) is 3.05. The van der Waals surface area contributed by atoms with Crippen molar-refractivity contribution in [3.8, 4) is 5.75 Å². The van der Waals surface area contributed by atoms with Crippen molar-refractivity contribution in [1.29, 1.82) is 0 Å². The zero-order valence-electron chi connectivity index (χ0n) is 16.1. The van der Waals surface area contributed by atoms with Crippen LogP contribution in [0.2, 0.25) is 0 Å². The summed E-state index contributed by atoms with van der Waals surface area (Å²) >= 11 is 0. The first kappa shape index (κ1) is 18.9. The summed E-state index contributed by atoms with van der Waals surface area (Å²) in [5.41, 5.74) is 1.33. The van der Waals surface area contributed by atoms with Gasteiger partial charge in [0.2, 0.25) is 5.89 Å². The lowest BCUT2D eigenvalue weighted by Gasteiger charge is -2.33. The van der Waals surface area contributed by atoms with E-state index in [0.717, 1.165) is 63.2 Å². The minimum Gasteiger partial charge on any atom is -0.494 e. The Hall–Kier alpha value is -1.92. The average molecular weight is 358 g/mol. The van der Waals surface area contributed by atoms with Crippen LogP contribution in [-0.2, 0) is 19.5 Å². The second-order valence-corrected chi connectivity index (χ2v) is 7.33. The van der Waals surface area contributed by atoms with Crippen molar-refractivity contribution in [2.45, 2.75) is 40.3 Å². The first-order valence-electron chi connectivity index (χ1n) is 9.60. The number of nitrogens with zero attached hydrogens (tertiary/aromatic N) is 4. The van der Waals surface area contributed by atoms with Gasteiger partial charge in [-0.2, -0.15) is 4.98 Å². The zero-order valence-corrected chi connectivity index (χ0v) is 16.1. The Kier molecular flexibility index (Phi) is 6.63. The number of benzene rings is 1. The highest BCUT2D eigenvalue weighted by atomic mass is 16.5. The molecule has 0 saturated carbocycles. The Balaban J connectivity index is 1.43. The number of ether oxygens (including phenoxy) is 1. The van der Waals surface area contributed by atoms with Crippen molar-refractivity contribution < 1.29 is 9.26 Å². The number of aromatic nitrogens is 2. The van der Waals surface area contributed by atoms with Crippen LogP contribution in [0, 0.1) is 5.92 Å². The Morgan fingerprint density at radius 1 is 1.04 bits per heavy atom. The van der Waals surface area contributed by atoms with Crippen LogP contribution in [0.15, 0.2) is 28.8 Å². The summed E-state index contributed by atoms with van der Waals surface area (Å²) in [5.74, 6) is 3.05. The van der Waals surface area contributed by atoms with Gasteiger partial charge in [0.1, 0.15) is 5.75 Å². The topological polar surface area (TPSA) is 54.6 Å². The molecule has 1 aliphatic heterocycles. The van der Waals surface area contributed by atoms with E-state index in [1.807, 2.05) is 6.92 Å². The molecule has 0 unspecified atom stereocenters. The third-order valence-electron chi connectivity index (χ3n) is 4.57. The van der Waals surface area contributed by atoms with Crippen LogP contribution in [0.3, 0.4) is 0 Å². The lowest BCUT2D eigenvalue weighted by molar-refractivity contribution is 0.112. The molecule has 0 bridgehead atoms. The fourth-order valence-corrected chi connectivity index (χ4v) is 3.22. The number of rotatable bonds is 8. The molecule has 1 fully saturated rings. The quantitative estimate of drug-likeness (QED) is 0.723. The predicted octanol–water partition coefficient (Wildman–Crippen LogP) is 2.98. The molecule has 0 N–H and O–H groups in total. The second kappa shape index (κ2) is 9.14. The van der Waals surface area contributed by atoms with Gasteiger partial charge in [0.25, 0.3) is 0 Å². The van der Waals surface area contributed by atoms with Crippen molar-refractivity contribution in [2.24, 2.45) is 5.92 Å². The lowest BCUT2D eigenvalue weighted by atomic mass is 10.1. The van der Waals surface area contributed by atoms with Crippen LogP contribution in [0.4, 0.5) is 0 Å². The maximum atomic E-state index is 5.50. The standard InChI is InChI=1S/C20H30N4O2/c1-4-25-18-7-5-17(6-8-18)14-23-9-11-24(12-10-23)15-20-21-19(22-26-20)13-16(2)3/h5-8,16H,4,9-15H2,1-3H3. The summed E-state index contributed by atoms with van der Waals surface area (Å²) in [6, 6.07) is 8.43. The summed E-state index contributed by atoms with van der Waals surface area (Å²) in [4.78, 5) is 9.39. The molecule has 0 spiro atoms. The van der Waals surface area contributed by atoms with Crippen LogP contribution >= 0.6 is 0 Å². The molecule has 0 atom stereocenters. The SMILES string of the molecule is CCOc1ccc(CN2CCN(Cc3nc(CC(C)C)no3)CC2)cc1. The van der Waals surface area contributed by atoms with Gasteiger partial charge < -0.3 is 9.26 Å². The van der Waals surface area contributed by atoms with Crippen LogP contribution in [-0.4, -0.2) is 52.7 Å². The Morgan fingerprint density at radius 2 is 1.69 bits per heavy atom. The molecule has 2 aromatic rings. The molecular weight excluding hydrogens is 328 g/mol. The Bertz CT molecular complexity index is 661. The summed E-state index contributed by atoms with van der Waals surface area (Å²) in [6.45, 7) is 13.0. The van der Waals surface area contributed by atoms with Gasteiger partial charge in [-0.25, -0.2) is 0 Å². The van der Waals surface area contributed by atoms with Crippen LogP contribution in [0.1, 0.15) is 38.0 Å². The molecule has 0 aliphatic carbocycles. The molecular formula is C20H30N4O2. The van der Waals surface area contributed by atoms with Gasteiger partial charge in [0.05, 0.1) is 13.2 Å². The van der Waals surface area contributed by atoms with E-state index in [-0.39, 0.29) is 0 Å². The molecule has 6 nitrogen and oxygen atoms in total. The molecule has 1 aliphatic rings. The summed E-state index contributed by atoms with van der Waals surface area (Å²) in [6.07, 6.45) is 0.874. The molecule has 1 saturated heterocycles.